The molecular weight excluding hydrogens is 306 g/mol. The van der Waals surface area contributed by atoms with E-state index in [0.717, 1.165) is 23.3 Å². The number of amides is 1. The standard InChI is InChI=1S/C18H15N3O3/c22-18(13-5-8-23-11-13)21-10-14-9-12-3-1-4-15(16(12)24-14)17-19-6-2-7-20-17/h1-8,11,14H,9-10H2,(H,21,22). The average Bonchev–Trinajstić information content (AvgIpc) is 3.29. The number of benzene rings is 1. The summed E-state index contributed by atoms with van der Waals surface area (Å²) in [6.45, 7) is 0.424. The summed E-state index contributed by atoms with van der Waals surface area (Å²) in [6.07, 6.45) is 6.94. The quantitative estimate of drug-likeness (QED) is 0.799. The molecular formula is C18H15N3O3. The van der Waals surface area contributed by atoms with E-state index in [-0.39, 0.29) is 12.0 Å². The molecule has 1 unspecified atom stereocenters. The van der Waals surface area contributed by atoms with Crippen molar-refractivity contribution in [2.45, 2.75) is 12.5 Å². The molecule has 1 N–H and O–H groups in total. The topological polar surface area (TPSA) is 77.2 Å². The summed E-state index contributed by atoms with van der Waals surface area (Å²) in [4.78, 5) is 20.6. The first-order chi connectivity index (χ1) is 11.8. The van der Waals surface area contributed by atoms with E-state index in [1.165, 1.54) is 12.5 Å². The van der Waals surface area contributed by atoms with Crippen LogP contribution in [0.2, 0.25) is 0 Å². The number of furan rings is 1. The highest BCUT2D eigenvalue weighted by atomic mass is 16.5. The third kappa shape index (κ3) is 2.74. The second-order valence-corrected chi connectivity index (χ2v) is 5.53. The molecule has 120 valence electrons. The molecule has 6 nitrogen and oxygen atoms in total. The summed E-state index contributed by atoms with van der Waals surface area (Å²) in [5.41, 5.74) is 2.48. The van der Waals surface area contributed by atoms with Gasteiger partial charge in [0.15, 0.2) is 5.82 Å². The summed E-state index contributed by atoms with van der Waals surface area (Å²) >= 11 is 0. The van der Waals surface area contributed by atoms with Crippen LogP contribution in [0, 0.1) is 0 Å². The Morgan fingerprint density at radius 2 is 2.08 bits per heavy atom. The predicted octanol–water partition coefficient (Wildman–Crippen LogP) is 2.47. The van der Waals surface area contributed by atoms with Gasteiger partial charge in [0.2, 0.25) is 0 Å². The van der Waals surface area contributed by atoms with E-state index < -0.39 is 0 Å². The SMILES string of the molecule is O=C(NCC1Cc2cccc(-c3ncccn3)c2O1)c1ccoc1. The van der Waals surface area contributed by atoms with Crippen LogP contribution in [-0.2, 0) is 6.42 Å². The largest absolute Gasteiger partial charge is 0.487 e. The van der Waals surface area contributed by atoms with Crippen LogP contribution in [-0.4, -0.2) is 28.5 Å². The lowest BCUT2D eigenvalue weighted by molar-refractivity contribution is 0.0933. The molecule has 0 saturated carbocycles. The Morgan fingerprint density at radius 1 is 1.21 bits per heavy atom. The van der Waals surface area contributed by atoms with Gasteiger partial charge in [0.05, 0.1) is 23.9 Å². The van der Waals surface area contributed by atoms with Crippen molar-refractivity contribution in [1.29, 1.82) is 0 Å². The van der Waals surface area contributed by atoms with Gasteiger partial charge in [0.1, 0.15) is 18.1 Å². The number of nitrogens with zero attached hydrogens (tertiary/aromatic N) is 2. The van der Waals surface area contributed by atoms with Crippen molar-refractivity contribution in [1.82, 2.24) is 15.3 Å². The summed E-state index contributed by atoms with van der Waals surface area (Å²) in [5, 5.41) is 2.87. The van der Waals surface area contributed by atoms with Gasteiger partial charge in [-0.15, -0.1) is 0 Å². The molecule has 0 fully saturated rings. The van der Waals surface area contributed by atoms with Crippen LogP contribution in [0.5, 0.6) is 5.75 Å². The molecule has 1 aliphatic rings. The normalized spacial score (nSPS) is 15.6. The third-order valence-corrected chi connectivity index (χ3v) is 3.91. The zero-order valence-electron chi connectivity index (χ0n) is 12.8. The molecule has 2 aromatic heterocycles. The van der Waals surface area contributed by atoms with Crippen LogP contribution in [0.3, 0.4) is 0 Å². The molecule has 6 heteroatoms. The Bertz CT molecular complexity index is 847. The monoisotopic (exact) mass is 321 g/mol. The second-order valence-electron chi connectivity index (χ2n) is 5.53. The van der Waals surface area contributed by atoms with Crippen LogP contribution in [0.4, 0.5) is 0 Å². The van der Waals surface area contributed by atoms with E-state index in [4.69, 9.17) is 9.15 Å². The first kappa shape index (κ1) is 14.4. The molecule has 1 atom stereocenters. The zero-order valence-corrected chi connectivity index (χ0v) is 12.8. The Labute approximate surface area is 138 Å². The van der Waals surface area contributed by atoms with Crippen LogP contribution in [0.25, 0.3) is 11.4 Å². The maximum absolute atomic E-state index is 12.0. The lowest BCUT2D eigenvalue weighted by atomic mass is 10.1. The number of fused-ring (bicyclic) bond motifs is 1. The number of aromatic nitrogens is 2. The number of carbonyl (C=O) groups is 1. The lowest BCUT2D eigenvalue weighted by Crippen LogP contribution is -2.34. The van der Waals surface area contributed by atoms with Gasteiger partial charge in [-0.2, -0.15) is 0 Å². The van der Waals surface area contributed by atoms with Gasteiger partial charge in [0.25, 0.3) is 5.91 Å². The van der Waals surface area contributed by atoms with Gasteiger partial charge in [-0.1, -0.05) is 12.1 Å². The van der Waals surface area contributed by atoms with Gasteiger partial charge in [-0.05, 0) is 23.8 Å². The number of hydrogen-bond donors (Lipinski definition) is 1. The summed E-state index contributed by atoms with van der Waals surface area (Å²) in [5.74, 6) is 1.26. The van der Waals surface area contributed by atoms with Gasteiger partial charge in [-0.25, -0.2) is 9.97 Å². The maximum atomic E-state index is 12.0. The summed E-state index contributed by atoms with van der Waals surface area (Å²) < 4.78 is 11.0. The van der Waals surface area contributed by atoms with E-state index in [1.807, 2.05) is 18.2 Å². The van der Waals surface area contributed by atoms with Crippen molar-refractivity contribution in [3.8, 4) is 17.1 Å². The molecule has 1 amide bonds. The van der Waals surface area contributed by atoms with Crippen LogP contribution in [0.15, 0.2) is 59.7 Å². The fourth-order valence-electron chi connectivity index (χ4n) is 2.77. The Morgan fingerprint density at radius 3 is 2.88 bits per heavy atom. The van der Waals surface area contributed by atoms with Crippen molar-refractivity contribution < 1.29 is 13.9 Å². The molecule has 0 radical (unpaired) electrons. The summed E-state index contributed by atoms with van der Waals surface area (Å²) in [6, 6.07) is 9.35. The number of hydrogen-bond acceptors (Lipinski definition) is 5. The number of ether oxygens (including phenoxy) is 1. The summed E-state index contributed by atoms with van der Waals surface area (Å²) in [7, 11) is 0. The van der Waals surface area contributed by atoms with Crippen molar-refractivity contribution >= 4 is 5.91 Å². The van der Waals surface area contributed by atoms with E-state index in [9.17, 15) is 4.79 Å². The fourth-order valence-corrected chi connectivity index (χ4v) is 2.77. The number of rotatable bonds is 4. The van der Waals surface area contributed by atoms with Gasteiger partial charge < -0.3 is 14.5 Å². The van der Waals surface area contributed by atoms with Gasteiger partial charge in [0, 0.05) is 18.8 Å². The van der Waals surface area contributed by atoms with E-state index in [2.05, 4.69) is 15.3 Å². The van der Waals surface area contributed by atoms with Crippen molar-refractivity contribution in [3.05, 3.63) is 66.4 Å². The number of nitrogens with one attached hydrogen (secondary N) is 1. The minimum absolute atomic E-state index is 0.110. The third-order valence-electron chi connectivity index (χ3n) is 3.91. The number of para-hydroxylation sites is 1. The van der Waals surface area contributed by atoms with E-state index in [1.54, 1.807) is 24.5 Å². The smallest absolute Gasteiger partial charge is 0.254 e. The van der Waals surface area contributed by atoms with Crippen molar-refractivity contribution in [2.24, 2.45) is 0 Å². The number of carbonyl (C=O) groups excluding carboxylic acids is 1. The molecule has 1 aromatic carbocycles. The molecule has 0 bridgehead atoms. The Balaban J connectivity index is 1.47. The lowest BCUT2D eigenvalue weighted by Gasteiger charge is -2.12. The van der Waals surface area contributed by atoms with Crippen molar-refractivity contribution in [3.63, 3.8) is 0 Å². The molecule has 1 aliphatic heterocycles. The molecule has 0 spiro atoms. The highest BCUT2D eigenvalue weighted by molar-refractivity contribution is 5.93. The zero-order chi connectivity index (χ0) is 16.4. The predicted molar refractivity (Wildman–Crippen MR) is 86.6 cm³/mol. The molecule has 0 saturated heterocycles. The second kappa shape index (κ2) is 6.16. The Kier molecular flexibility index (Phi) is 3.70. The van der Waals surface area contributed by atoms with Gasteiger partial charge in [-0.3, -0.25) is 4.79 Å². The van der Waals surface area contributed by atoms with E-state index in [0.29, 0.717) is 17.9 Å². The van der Waals surface area contributed by atoms with Crippen LogP contribution in [0.1, 0.15) is 15.9 Å². The molecule has 4 rings (SSSR count). The minimum Gasteiger partial charge on any atom is -0.487 e. The maximum Gasteiger partial charge on any atom is 0.254 e. The average molecular weight is 321 g/mol. The van der Waals surface area contributed by atoms with Crippen molar-refractivity contribution in [2.75, 3.05) is 6.54 Å². The molecule has 24 heavy (non-hydrogen) atoms. The minimum atomic E-state index is -0.171. The first-order valence-electron chi connectivity index (χ1n) is 7.67. The van der Waals surface area contributed by atoms with Crippen LogP contribution >= 0.6 is 0 Å². The Hall–Kier alpha value is -3.15. The van der Waals surface area contributed by atoms with E-state index >= 15 is 0 Å². The molecule has 3 aromatic rings. The van der Waals surface area contributed by atoms with Gasteiger partial charge >= 0.3 is 0 Å². The first-order valence-corrected chi connectivity index (χ1v) is 7.67. The fraction of sp³-hybridized carbons (Fsp3) is 0.167. The highest BCUT2D eigenvalue weighted by Gasteiger charge is 2.26. The molecule has 3 heterocycles. The highest BCUT2D eigenvalue weighted by Crippen LogP contribution is 2.37. The molecule has 0 aliphatic carbocycles. The van der Waals surface area contributed by atoms with Crippen LogP contribution < -0.4 is 10.1 Å².